The lowest BCUT2D eigenvalue weighted by Gasteiger charge is -1.96. The van der Waals surface area contributed by atoms with E-state index < -0.39 is 0 Å². The number of pyridine rings is 1. The Bertz CT molecular complexity index is 495. The highest BCUT2D eigenvalue weighted by molar-refractivity contribution is 9.09. The van der Waals surface area contributed by atoms with Crippen molar-refractivity contribution in [3.05, 3.63) is 29.0 Å². The number of Topliss-reactive ketones (excluding diaryl/α,β-unsaturated/α-hetero) is 1. The summed E-state index contributed by atoms with van der Waals surface area (Å²) in [6.45, 7) is 0. The van der Waals surface area contributed by atoms with Gasteiger partial charge in [-0.05, 0) is 6.07 Å². The fourth-order valence-electron chi connectivity index (χ4n) is 1.31. The monoisotopic (exact) mass is 272 g/mol. The third kappa shape index (κ3) is 1.44. The third-order valence-corrected chi connectivity index (χ3v) is 2.77. The zero-order valence-corrected chi connectivity index (χ0v) is 9.39. The van der Waals surface area contributed by atoms with Gasteiger partial charge < -0.3 is 4.98 Å². The lowest BCUT2D eigenvalue weighted by molar-refractivity contribution is 0.102. The number of rotatable bonds is 2. The van der Waals surface area contributed by atoms with E-state index in [0.29, 0.717) is 21.6 Å². The lowest BCUT2D eigenvalue weighted by atomic mass is 10.1. The minimum Gasteiger partial charge on any atom is -0.345 e. The smallest absolute Gasteiger partial charge is 0.175 e. The topological polar surface area (TPSA) is 45.8 Å². The first-order valence-corrected chi connectivity index (χ1v) is 5.44. The molecule has 2 aromatic rings. The average molecular weight is 274 g/mol. The summed E-state index contributed by atoms with van der Waals surface area (Å²) in [5.74, 6) is -0.00819. The summed E-state index contributed by atoms with van der Waals surface area (Å²) in [6, 6.07) is 1.67. The molecule has 0 aromatic carbocycles. The molecule has 2 heterocycles. The van der Waals surface area contributed by atoms with Crippen LogP contribution in [0.15, 0.2) is 18.5 Å². The maximum Gasteiger partial charge on any atom is 0.175 e. The van der Waals surface area contributed by atoms with Crippen molar-refractivity contribution in [2.45, 2.75) is 0 Å². The molecule has 0 amide bonds. The molecule has 3 nitrogen and oxygen atoms in total. The number of nitrogens with zero attached hydrogens (tertiary/aromatic N) is 1. The molecule has 1 N–H and O–H groups in total. The van der Waals surface area contributed by atoms with Gasteiger partial charge in [0.25, 0.3) is 0 Å². The van der Waals surface area contributed by atoms with Gasteiger partial charge in [-0.15, -0.1) is 0 Å². The maximum absolute atomic E-state index is 11.5. The zero-order valence-electron chi connectivity index (χ0n) is 7.05. The standard InChI is InChI=1S/C9H6BrClN2O/c10-3-7(14)5-4-13-9-8(5)6(11)1-2-12-9/h1-2,4H,3H2,(H,12,13). The molecule has 0 aliphatic rings. The van der Waals surface area contributed by atoms with Crippen molar-refractivity contribution in [3.8, 4) is 0 Å². The molecular formula is C9H6BrClN2O. The quantitative estimate of drug-likeness (QED) is 0.675. The van der Waals surface area contributed by atoms with E-state index in [1.165, 1.54) is 0 Å². The number of carbonyl (C=O) groups excluding carboxylic acids is 1. The van der Waals surface area contributed by atoms with Gasteiger partial charge in [-0.1, -0.05) is 27.5 Å². The van der Waals surface area contributed by atoms with Gasteiger partial charge in [0.1, 0.15) is 5.65 Å². The molecule has 5 heteroatoms. The highest BCUT2D eigenvalue weighted by atomic mass is 79.9. The van der Waals surface area contributed by atoms with Crippen molar-refractivity contribution in [3.63, 3.8) is 0 Å². The minimum atomic E-state index is -0.00819. The van der Waals surface area contributed by atoms with E-state index in [1.54, 1.807) is 18.5 Å². The van der Waals surface area contributed by atoms with Crippen LogP contribution in [-0.2, 0) is 0 Å². The maximum atomic E-state index is 11.5. The Labute approximate surface area is 93.6 Å². The fraction of sp³-hybridized carbons (Fsp3) is 0.111. The number of halogens is 2. The van der Waals surface area contributed by atoms with Crippen LogP contribution in [0, 0.1) is 0 Å². The van der Waals surface area contributed by atoms with E-state index >= 15 is 0 Å². The van der Waals surface area contributed by atoms with E-state index in [-0.39, 0.29) is 11.1 Å². The number of H-pyrrole nitrogens is 1. The number of aromatic nitrogens is 2. The highest BCUT2D eigenvalue weighted by Crippen LogP contribution is 2.25. The van der Waals surface area contributed by atoms with Gasteiger partial charge in [0.05, 0.1) is 10.4 Å². The number of fused-ring (bicyclic) bond motifs is 1. The highest BCUT2D eigenvalue weighted by Gasteiger charge is 2.13. The summed E-state index contributed by atoms with van der Waals surface area (Å²) in [7, 11) is 0. The predicted molar refractivity (Wildman–Crippen MR) is 59.2 cm³/mol. The van der Waals surface area contributed by atoms with Crippen molar-refractivity contribution in [2.75, 3.05) is 5.33 Å². The van der Waals surface area contributed by atoms with Gasteiger partial charge in [0.15, 0.2) is 5.78 Å². The van der Waals surface area contributed by atoms with Gasteiger partial charge in [-0.25, -0.2) is 4.98 Å². The Morgan fingerprint density at radius 3 is 3.14 bits per heavy atom. The first-order chi connectivity index (χ1) is 6.74. The van der Waals surface area contributed by atoms with Crippen molar-refractivity contribution in [2.24, 2.45) is 0 Å². The molecule has 2 aromatic heterocycles. The average Bonchev–Trinajstić information content (AvgIpc) is 2.62. The van der Waals surface area contributed by atoms with Crippen LogP contribution in [0.1, 0.15) is 10.4 Å². The molecule has 14 heavy (non-hydrogen) atoms. The Kier molecular flexibility index (Phi) is 2.56. The van der Waals surface area contributed by atoms with Crippen LogP contribution in [0.3, 0.4) is 0 Å². The first-order valence-electron chi connectivity index (χ1n) is 3.95. The summed E-state index contributed by atoms with van der Waals surface area (Å²) in [4.78, 5) is 18.5. The Hall–Kier alpha value is -0.870. The summed E-state index contributed by atoms with van der Waals surface area (Å²) < 4.78 is 0. The Balaban J connectivity index is 2.73. The van der Waals surface area contributed by atoms with Crippen LogP contribution in [0.5, 0.6) is 0 Å². The van der Waals surface area contributed by atoms with Crippen LogP contribution >= 0.6 is 27.5 Å². The molecule has 0 saturated carbocycles. The molecule has 2 rings (SSSR count). The van der Waals surface area contributed by atoms with Gasteiger partial charge in [0.2, 0.25) is 0 Å². The summed E-state index contributed by atoms with van der Waals surface area (Å²) >= 11 is 9.10. The number of alkyl halides is 1. The van der Waals surface area contributed by atoms with E-state index in [4.69, 9.17) is 11.6 Å². The number of hydrogen-bond donors (Lipinski definition) is 1. The molecule has 0 aliphatic carbocycles. The Morgan fingerprint density at radius 2 is 2.43 bits per heavy atom. The van der Waals surface area contributed by atoms with Crippen LogP contribution < -0.4 is 0 Å². The van der Waals surface area contributed by atoms with Gasteiger partial charge in [0, 0.05) is 23.3 Å². The second-order valence-corrected chi connectivity index (χ2v) is 3.74. The summed E-state index contributed by atoms with van der Waals surface area (Å²) in [6.07, 6.45) is 3.23. The molecule has 0 aliphatic heterocycles. The van der Waals surface area contributed by atoms with Gasteiger partial charge in [-0.3, -0.25) is 4.79 Å². The number of nitrogens with one attached hydrogen (secondary N) is 1. The van der Waals surface area contributed by atoms with E-state index in [2.05, 4.69) is 25.9 Å². The van der Waals surface area contributed by atoms with Crippen LogP contribution in [0.25, 0.3) is 11.0 Å². The van der Waals surface area contributed by atoms with E-state index in [0.717, 1.165) is 0 Å². The SMILES string of the molecule is O=C(CBr)c1c[nH]c2nccc(Cl)c12. The normalized spacial score (nSPS) is 10.7. The second kappa shape index (κ2) is 3.71. The number of ketones is 1. The number of aromatic amines is 1. The second-order valence-electron chi connectivity index (χ2n) is 2.78. The van der Waals surface area contributed by atoms with E-state index in [9.17, 15) is 4.79 Å². The minimum absolute atomic E-state index is 0.00819. The largest absolute Gasteiger partial charge is 0.345 e. The molecular weight excluding hydrogens is 267 g/mol. The van der Waals surface area contributed by atoms with Crippen molar-refractivity contribution in [1.29, 1.82) is 0 Å². The van der Waals surface area contributed by atoms with Gasteiger partial charge >= 0.3 is 0 Å². The molecule has 0 saturated heterocycles. The number of hydrogen-bond acceptors (Lipinski definition) is 2. The molecule has 0 spiro atoms. The molecule has 0 unspecified atom stereocenters. The molecule has 0 atom stereocenters. The third-order valence-electron chi connectivity index (χ3n) is 1.94. The molecule has 0 bridgehead atoms. The van der Waals surface area contributed by atoms with Crippen molar-refractivity contribution < 1.29 is 4.79 Å². The summed E-state index contributed by atoms with van der Waals surface area (Å²) in [5.41, 5.74) is 1.22. The lowest BCUT2D eigenvalue weighted by Crippen LogP contribution is -1.98. The Morgan fingerprint density at radius 1 is 1.64 bits per heavy atom. The van der Waals surface area contributed by atoms with Crippen LogP contribution in [-0.4, -0.2) is 21.1 Å². The molecule has 72 valence electrons. The van der Waals surface area contributed by atoms with Crippen LogP contribution in [0.2, 0.25) is 5.02 Å². The summed E-state index contributed by atoms with van der Waals surface area (Å²) in [5, 5.41) is 1.52. The van der Waals surface area contributed by atoms with Crippen molar-refractivity contribution >= 4 is 44.3 Å². The van der Waals surface area contributed by atoms with E-state index in [1.807, 2.05) is 0 Å². The first kappa shape index (κ1) is 9.68. The van der Waals surface area contributed by atoms with Gasteiger partial charge in [-0.2, -0.15) is 0 Å². The zero-order chi connectivity index (χ0) is 10.1. The molecule has 0 fully saturated rings. The van der Waals surface area contributed by atoms with Crippen molar-refractivity contribution in [1.82, 2.24) is 9.97 Å². The molecule has 0 radical (unpaired) electrons. The fourth-order valence-corrected chi connectivity index (χ4v) is 1.86. The predicted octanol–water partition coefficient (Wildman–Crippen LogP) is 2.79. The van der Waals surface area contributed by atoms with Crippen LogP contribution in [0.4, 0.5) is 0 Å². The number of carbonyl (C=O) groups is 1.